The maximum Gasteiger partial charge on any atom is 0.226 e. The number of piperidine rings is 2. The summed E-state index contributed by atoms with van der Waals surface area (Å²) in [7, 11) is 0. The summed E-state index contributed by atoms with van der Waals surface area (Å²) in [4.78, 5) is 16.4. The molecule has 2 aliphatic rings. The largest absolute Gasteiger partial charge is 0.342 e. The number of amides is 1. The van der Waals surface area contributed by atoms with Gasteiger partial charge in [-0.25, -0.2) is 0 Å². The second kappa shape index (κ2) is 8.07. The number of benzene rings is 1. The van der Waals surface area contributed by atoms with Crippen molar-refractivity contribution in [1.82, 2.24) is 4.90 Å². The molecule has 2 aliphatic heterocycles. The minimum Gasteiger partial charge on any atom is -0.342 e. The lowest BCUT2D eigenvalue weighted by molar-refractivity contribution is -0.919. The fourth-order valence-electron chi connectivity index (χ4n) is 4.04. The summed E-state index contributed by atoms with van der Waals surface area (Å²) in [5.41, 5.74) is 1.22. The van der Waals surface area contributed by atoms with E-state index in [9.17, 15) is 4.79 Å². The summed E-state index contributed by atoms with van der Waals surface area (Å²) in [6, 6.07) is 5.88. The van der Waals surface area contributed by atoms with E-state index >= 15 is 0 Å². The van der Waals surface area contributed by atoms with E-state index in [1.54, 1.807) is 0 Å². The van der Waals surface area contributed by atoms with Crippen molar-refractivity contribution in [3.05, 3.63) is 33.8 Å². The molecular formula is C19H27Cl2N2O+. The van der Waals surface area contributed by atoms with E-state index in [-0.39, 0.29) is 5.92 Å². The second-order valence-corrected chi connectivity index (χ2v) is 8.30. The Morgan fingerprint density at radius 1 is 1.21 bits per heavy atom. The van der Waals surface area contributed by atoms with Crippen LogP contribution in [0.2, 0.25) is 10.0 Å². The van der Waals surface area contributed by atoms with Gasteiger partial charge in [-0.2, -0.15) is 0 Å². The number of carbonyl (C=O) groups excluding carboxylic acids is 1. The Morgan fingerprint density at radius 2 is 1.96 bits per heavy atom. The molecule has 0 aromatic heterocycles. The van der Waals surface area contributed by atoms with Gasteiger partial charge in [0.1, 0.15) is 6.54 Å². The number of carbonyl (C=O) groups is 1. The van der Waals surface area contributed by atoms with Crippen molar-refractivity contribution < 1.29 is 9.69 Å². The first-order chi connectivity index (χ1) is 11.5. The molecule has 1 aromatic carbocycles. The van der Waals surface area contributed by atoms with Crippen molar-refractivity contribution in [2.45, 2.75) is 39.2 Å². The highest BCUT2D eigenvalue weighted by Gasteiger charge is 2.32. The molecule has 2 fully saturated rings. The monoisotopic (exact) mass is 369 g/mol. The molecule has 5 heteroatoms. The topological polar surface area (TPSA) is 24.8 Å². The van der Waals surface area contributed by atoms with Crippen LogP contribution in [0.5, 0.6) is 0 Å². The fraction of sp³-hybridized carbons (Fsp3) is 0.632. The van der Waals surface area contributed by atoms with Crippen molar-refractivity contribution in [3.63, 3.8) is 0 Å². The third-order valence-electron chi connectivity index (χ3n) is 5.45. The van der Waals surface area contributed by atoms with Crippen LogP contribution < -0.4 is 4.90 Å². The van der Waals surface area contributed by atoms with Crippen LogP contribution in [-0.4, -0.2) is 37.0 Å². The maximum atomic E-state index is 12.7. The molecule has 0 unspecified atom stereocenters. The zero-order chi connectivity index (χ0) is 17.1. The molecule has 1 amide bonds. The molecule has 0 radical (unpaired) electrons. The predicted octanol–water partition coefficient (Wildman–Crippen LogP) is 3.05. The minimum absolute atomic E-state index is 0.229. The highest BCUT2D eigenvalue weighted by Crippen LogP contribution is 2.23. The van der Waals surface area contributed by atoms with Crippen LogP contribution in [0.3, 0.4) is 0 Å². The van der Waals surface area contributed by atoms with Crippen LogP contribution in [0.4, 0.5) is 0 Å². The minimum atomic E-state index is 0.229. The van der Waals surface area contributed by atoms with E-state index in [4.69, 9.17) is 23.2 Å². The summed E-state index contributed by atoms with van der Waals surface area (Å²) < 4.78 is 0. The SMILES string of the molecule is C[C@H]1CCCN(C(=O)C2CC[NH+](Cc3ccc(Cl)c(Cl)c3)CC2)C1. The smallest absolute Gasteiger partial charge is 0.226 e. The highest BCUT2D eigenvalue weighted by atomic mass is 35.5. The standard InChI is InChI=1S/C19H26Cl2N2O/c1-14-3-2-8-23(12-14)19(24)16-6-9-22(10-7-16)13-15-4-5-17(20)18(21)11-15/h4-5,11,14,16H,2-3,6-10,12-13H2,1H3/p+1/t14-/m0/s1. The van der Waals surface area contributed by atoms with E-state index < -0.39 is 0 Å². The summed E-state index contributed by atoms with van der Waals surface area (Å²) in [6.45, 7) is 7.23. The summed E-state index contributed by atoms with van der Waals surface area (Å²) >= 11 is 12.1. The van der Waals surface area contributed by atoms with Crippen LogP contribution >= 0.6 is 23.2 Å². The van der Waals surface area contributed by atoms with Gasteiger partial charge >= 0.3 is 0 Å². The van der Waals surface area contributed by atoms with Crippen LogP contribution in [0.1, 0.15) is 38.2 Å². The average Bonchev–Trinajstić information content (AvgIpc) is 2.58. The molecule has 0 spiro atoms. The Kier molecular flexibility index (Phi) is 6.07. The van der Waals surface area contributed by atoms with E-state index in [1.807, 2.05) is 18.2 Å². The molecule has 0 bridgehead atoms. The van der Waals surface area contributed by atoms with E-state index in [1.165, 1.54) is 16.9 Å². The lowest BCUT2D eigenvalue weighted by Gasteiger charge is -2.36. The van der Waals surface area contributed by atoms with Crippen molar-refractivity contribution in [2.75, 3.05) is 26.2 Å². The van der Waals surface area contributed by atoms with Gasteiger partial charge in [0, 0.05) is 37.4 Å². The summed E-state index contributed by atoms with van der Waals surface area (Å²) in [5, 5.41) is 1.23. The van der Waals surface area contributed by atoms with Crippen LogP contribution in [0, 0.1) is 11.8 Å². The molecule has 3 nitrogen and oxygen atoms in total. The van der Waals surface area contributed by atoms with Crippen LogP contribution in [-0.2, 0) is 11.3 Å². The Balaban J connectivity index is 1.50. The van der Waals surface area contributed by atoms with Gasteiger partial charge in [-0.15, -0.1) is 0 Å². The van der Waals surface area contributed by atoms with Crippen molar-refractivity contribution in [3.8, 4) is 0 Å². The maximum absolute atomic E-state index is 12.7. The molecule has 0 aliphatic carbocycles. The van der Waals surface area contributed by atoms with Gasteiger partial charge in [0.2, 0.25) is 5.91 Å². The third kappa shape index (κ3) is 4.44. The van der Waals surface area contributed by atoms with Gasteiger partial charge in [0.15, 0.2) is 0 Å². The molecule has 2 saturated heterocycles. The average molecular weight is 370 g/mol. The van der Waals surface area contributed by atoms with Gasteiger partial charge in [0.05, 0.1) is 23.1 Å². The number of quaternary nitrogens is 1. The highest BCUT2D eigenvalue weighted by molar-refractivity contribution is 6.42. The molecule has 132 valence electrons. The molecule has 3 rings (SSSR count). The zero-order valence-corrected chi connectivity index (χ0v) is 15.9. The number of nitrogens with one attached hydrogen (secondary N) is 1. The Bertz CT molecular complexity index is 585. The van der Waals surface area contributed by atoms with Crippen LogP contribution in [0.15, 0.2) is 18.2 Å². The number of hydrogen-bond acceptors (Lipinski definition) is 1. The van der Waals surface area contributed by atoms with E-state index in [0.29, 0.717) is 21.9 Å². The Hall–Kier alpha value is -0.770. The quantitative estimate of drug-likeness (QED) is 0.869. The number of likely N-dealkylation sites (tertiary alicyclic amines) is 2. The Labute approximate surface area is 154 Å². The van der Waals surface area contributed by atoms with Gasteiger partial charge in [-0.3, -0.25) is 4.79 Å². The molecule has 1 N–H and O–H groups in total. The number of nitrogens with zero attached hydrogens (tertiary/aromatic N) is 1. The third-order valence-corrected chi connectivity index (χ3v) is 6.19. The van der Waals surface area contributed by atoms with Crippen LogP contribution in [0.25, 0.3) is 0 Å². The van der Waals surface area contributed by atoms with Gasteiger partial charge in [0.25, 0.3) is 0 Å². The van der Waals surface area contributed by atoms with Crippen molar-refractivity contribution in [2.24, 2.45) is 11.8 Å². The van der Waals surface area contributed by atoms with E-state index in [0.717, 1.165) is 52.0 Å². The van der Waals surface area contributed by atoms with Gasteiger partial charge in [-0.05, 0) is 30.9 Å². The molecule has 2 heterocycles. The Morgan fingerprint density at radius 3 is 2.62 bits per heavy atom. The van der Waals surface area contributed by atoms with Crippen molar-refractivity contribution in [1.29, 1.82) is 0 Å². The van der Waals surface area contributed by atoms with Gasteiger partial charge in [-0.1, -0.05) is 36.2 Å². The van der Waals surface area contributed by atoms with E-state index in [2.05, 4.69) is 11.8 Å². The first kappa shape index (κ1) is 18.0. The summed E-state index contributed by atoms with van der Waals surface area (Å²) in [6.07, 6.45) is 4.42. The zero-order valence-electron chi connectivity index (χ0n) is 14.4. The van der Waals surface area contributed by atoms with Gasteiger partial charge < -0.3 is 9.80 Å². The molecular weight excluding hydrogens is 343 g/mol. The van der Waals surface area contributed by atoms with Crippen molar-refractivity contribution >= 4 is 29.1 Å². The first-order valence-electron chi connectivity index (χ1n) is 9.09. The number of hydrogen-bond donors (Lipinski definition) is 1. The first-order valence-corrected chi connectivity index (χ1v) is 9.85. The second-order valence-electron chi connectivity index (χ2n) is 7.48. The predicted molar refractivity (Wildman–Crippen MR) is 98.6 cm³/mol. The fourth-order valence-corrected chi connectivity index (χ4v) is 4.36. The molecule has 24 heavy (non-hydrogen) atoms. The molecule has 1 atom stereocenters. The number of halogens is 2. The number of rotatable bonds is 3. The summed E-state index contributed by atoms with van der Waals surface area (Å²) in [5.74, 6) is 1.28. The molecule has 1 aromatic rings. The molecule has 0 saturated carbocycles. The lowest BCUT2D eigenvalue weighted by atomic mass is 9.92. The lowest BCUT2D eigenvalue weighted by Crippen LogP contribution is -3.11. The normalized spacial score (nSPS) is 28.0.